The Morgan fingerprint density at radius 1 is 1.13 bits per heavy atom. The number of carbonyl (C=O) groups excluding carboxylic acids is 2. The van der Waals surface area contributed by atoms with Crippen molar-refractivity contribution in [1.29, 1.82) is 0 Å². The summed E-state index contributed by atoms with van der Waals surface area (Å²) in [5, 5.41) is 9.84. The molecule has 0 saturated carbocycles. The van der Waals surface area contributed by atoms with E-state index in [1.165, 1.54) is 16.8 Å². The lowest BCUT2D eigenvalue weighted by Gasteiger charge is -2.10. The normalized spacial score (nSPS) is 10.7. The molecule has 0 aliphatic heterocycles. The SMILES string of the molecule is CCc1ccccc1NC(=O)CNC(=O)c1c(C)nn(Cc2ccc(F)cc2)c1Cl. The molecule has 0 spiro atoms. The Morgan fingerprint density at radius 2 is 1.83 bits per heavy atom. The topological polar surface area (TPSA) is 76.0 Å². The summed E-state index contributed by atoms with van der Waals surface area (Å²) < 4.78 is 14.5. The molecule has 0 bridgehead atoms. The van der Waals surface area contributed by atoms with Crippen molar-refractivity contribution in [2.24, 2.45) is 0 Å². The Kier molecular flexibility index (Phi) is 6.84. The predicted molar refractivity (Wildman–Crippen MR) is 114 cm³/mol. The van der Waals surface area contributed by atoms with Gasteiger partial charge in [-0.1, -0.05) is 48.9 Å². The molecule has 6 nitrogen and oxygen atoms in total. The first-order valence-electron chi connectivity index (χ1n) is 9.52. The van der Waals surface area contributed by atoms with Crippen LogP contribution >= 0.6 is 11.6 Å². The molecule has 3 aromatic rings. The molecular formula is C22H22ClFN4O2. The van der Waals surface area contributed by atoms with Crippen LogP contribution in [0.3, 0.4) is 0 Å². The van der Waals surface area contributed by atoms with Crippen molar-refractivity contribution in [2.45, 2.75) is 26.8 Å². The van der Waals surface area contributed by atoms with E-state index in [1.807, 2.05) is 31.2 Å². The third-order valence-electron chi connectivity index (χ3n) is 4.62. The van der Waals surface area contributed by atoms with Gasteiger partial charge >= 0.3 is 0 Å². The molecule has 2 amide bonds. The average Bonchev–Trinajstić information content (AvgIpc) is 3.01. The number of carbonyl (C=O) groups is 2. The van der Waals surface area contributed by atoms with Crippen LogP contribution in [0.2, 0.25) is 5.15 Å². The van der Waals surface area contributed by atoms with Crippen molar-refractivity contribution in [1.82, 2.24) is 15.1 Å². The fourth-order valence-corrected chi connectivity index (χ4v) is 3.39. The van der Waals surface area contributed by atoms with Crippen LogP contribution in [0.4, 0.5) is 10.1 Å². The van der Waals surface area contributed by atoms with E-state index in [0.717, 1.165) is 23.2 Å². The summed E-state index contributed by atoms with van der Waals surface area (Å²) >= 11 is 6.36. The quantitative estimate of drug-likeness (QED) is 0.598. The highest BCUT2D eigenvalue weighted by Crippen LogP contribution is 2.21. The molecule has 0 aliphatic rings. The molecule has 2 N–H and O–H groups in total. The van der Waals surface area contributed by atoms with E-state index < -0.39 is 5.91 Å². The van der Waals surface area contributed by atoms with Gasteiger partial charge in [-0.25, -0.2) is 9.07 Å². The zero-order chi connectivity index (χ0) is 21.7. The fraction of sp³-hybridized carbons (Fsp3) is 0.227. The number of rotatable bonds is 7. The van der Waals surface area contributed by atoms with Crippen LogP contribution in [0.25, 0.3) is 0 Å². The van der Waals surface area contributed by atoms with Crippen molar-refractivity contribution in [3.8, 4) is 0 Å². The second-order valence-electron chi connectivity index (χ2n) is 6.78. The molecule has 156 valence electrons. The van der Waals surface area contributed by atoms with E-state index in [2.05, 4.69) is 15.7 Å². The van der Waals surface area contributed by atoms with Crippen molar-refractivity contribution in [3.05, 3.63) is 81.9 Å². The van der Waals surface area contributed by atoms with E-state index in [-0.39, 0.29) is 29.0 Å². The van der Waals surface area contributed by atoms with Gasteiger partial charge in [-0.05, 0) is 42.7 Å². The monoisotopic (exact) mass is 428 g/mol. The van der Waals surface area contributed by atoms with E-state index >= 15 is 0 Å². The maximum Gasteiger partial charge on any atom is 0.256 e. The van der Waals surface area contributed by atoms with Gasteiger partial charge in [-0.3, -0.25) is 9.59 Å². The van der Waals surface area contributed by atoms with Crippen LogP contribution in [0.15, 0.2) is 48.5 Å². The van der Waals surface area contributed by atoms with Gasteiger partial charge in [0.15, 0.2) is 0 Å². The fourth-order valence-electron chi connectivity index (χ4n) is 3.07. The van der Waals surface area contributed by atoms with E-state index in [0.29, 0.717) is 12.2 Å². The lowest BCUT2D eigenvalue weighted by molar-refractivity contribution is -0.115. The first kappa shape index (κ1) is 21.5. The predicted octanol–water partition coefficient (Wildman–Crippen LogP) is 3.96. The zero-order valence-electron chi connectivity index (χ0n) is 16.7. The third kappa shape index (κ3) is 5.04. The van der Waals surface area contributed by atoms with Gasteiger partial charge < -0.3 is 10.6 Å². The number of anilines is 1. The first-order valence-corrected chi connectivity index (χ1v) is 9.90. The standard InChI is InChI=1S/C22H22ClFN4O2/c1-3-16-6-4-5-7-18(16)26-19(29)12-25-22(30)20-14(2)27-28(21(20)23)13-15-8-10-17(24)11-9-15/h4-11H,3,12-13H2,1-2H3,(H,25,30)(H,26,29). The van der Waals surface area contributed by atoms with E-state index in [1.54, 1.807) is 19.1 Å². The van der Waals surface area contributed by atoms with Gasteiger partial charge in [-0.15, -0.1) is 0 Å². The maximum absolute atomic E-state index is 13.1. The zero-order valence-corrected chi connectivity index (χ0v) is 17.5. The molecule has 8 heteroatoms. The van der Waals surface area contributed by atoms with Crippen molar-refractivity contribution in [2.75, 3.05) is 11.9 Å². The highest BCUT2D eigenvalue weighted by atomic mass is 35.5. The molecule has 0 aliphatic carbocycles. The minimum atomic E-state index is -0.484. The molecule has 0 unspecified atom stereocenters. The van der Waals surface area contributed by atoms with Gasteiger partial charge in [0.25, 0.3) is 5.91 Å². The number of aromatic nitrogens is 2. The number of hydrogen-bond acceptors (Lipinski definition) is 3. The minimum Gasteiger partial charge on any atom is -0.343 e. The summed E-state index contributed by atoms with van der Waals surface area (Å²) in [6.45, 7) is 3.76. The van der Waals surface area contributed by atoms with Crippen LogP contribution in [0.5, 0.6) is 0 Å². The Morgan fingerprint density at radius 3 is 2.53 bits per heavy atom. The molecule has 1 aromatic heterocycles. The number of nitrogens with zero attached hydrogens (tertiary/aromatic N) is 2. The molecule has 0 atom stereocenters. The Labute approximate surface area is 179 Å². The number of aryl methyl sites for hydroxylation is 2. The largest absolute Gasteiger partial charge is 0.343 e. The first-order chi connectivity index (χ1) is 14.4. The van der Waals surface area contributed by atoms with Gasteiger partial charge in [-0.2, -0.15) is 5.10 Å². The Balaban J connectivity index is 1.64. The molecule has 0 saturated heterocycles. The highest BCUT2D eigenvalue weighted by molar-refractivity contribution is 6.33. The van der Waals surface area contributed by atoms with E-state index in [4.69, 9.17) is 11.6 Å². The van der Waals surface area contributed by atoms with Crippen molar-refractivity contribution >= 4 is 29.1 Å². The van der Waals surface area contributed by atoms with Crippen LogP contribution in [0, 0.1) is 12.7 Å². The molecule has 30 heavy (non-hydrogen) atoms. The maximum atomic E-state index is 13.1. The van der Waals surface area contributed by atoms with Crippen molar-refractivity contribution in [3.63, 3.8) is 0 Å². The number of hydrogen-bond donors (Lipinski definition) is 2. The lowest BCUT2D eigenvalue weighted by atomic mass is 10.1. The van der Waals surface area contributed by atoms with Gasteiger partial charge in [0, 0.05) is 5.69 Å². The lowest BCUT2D eigenvalue weighted by Crippen LogP contribution is -2.33. The second kappa shape index (κ2) is 9.54. The summed E-state index contributed by atoms with van der Waals surface area (Å²) in [7, 11) is 0. The summed E-state index contributed by atoms with van der Waals surface area (Å²) in [6, 6.07) is 13.5. The smallest absolute Gasteiger partial charge is 0.256 e. The van der Waals surface area contributed by atoms with Crippen molar-refractivity contribution < 1.29 is 14.0 Å². The second-order valence-corrected chi connectivity index (χ2v) is 7.13. The Bertz CT molecular complexity index is 1060. The van der Waals surface area contributed by atoms with Crippen LogP contribution < -0.4 is 10.6 Å². The molecule has 0 radical (unpaired) electrons. The third-order valence-corrected chi connectivity index (χ3v) is 5.00. The number of halogens is 2. The summed E-state index contributed by atoms with van der Waals surface area (Å²) in [6.07, 6.45) is 0.783. The van der Waals surface area contributed by atoms with E-state index in [9.17, 15) is 14.0 Å². The minimum absolute atomic E-state index is 0.158. The summed E-state index contributed by atoms with van der Waals surface area (Å²) in [5.41, 5.74) is 3.18. The molecular weight excluding hydrogens is 407 g/mol. The van der Waals surface area contributed by atoms with Crippen LogP contribution in [-0.2, 0) is 17.8 Å². The van der Waals surface area contributed by atoms with Crippen LogP contribution in [0.1, 0.15) is 34.1 Å². The highest BCUT2D eigenvalue weighted by Gasteiger charge is 2.21. The molecule has 0 fully saturated rings. The van der Waals surface area contributed by atoms with Crippen LogP contribution in [-0.4, -0.2) is 28.1 Å². The number of amides is 2. The Hall–Kier alpha value is -3.19. The summed E-state index contributed by atoms with van der Waals surface area (Å²) in [4.78, 5) is 24.8. The molecule has 1 heterocycles. The number of nitrogens with one attached hydrogen (secondary N) is 2. The van der Waals surface area contributed by atoms with Gasteiger partial charge in [0.1, 0.15) is 11.0 Å². The number of benzene rings is 2. The van der Waals surface area contributed by atoms with Gasteiger partial charge in [0.2, 0.25) is 5.91 Å². The average molecular weight is 429 g/mol. The van der Waals surface area contributed by atoms with Gasteiger partial charge in [0.05, 0.1) is 24.3 Å². The molecule has 3 rings (SSSR count). The molecule has 2 aromatic carbocycles. The number of para-hydroxylation sites is 1. The summed E-state index contributed by atoms with van der Waals surface area (Å²) in [5.74, 6) is -1.15.